The second-order valence-corrected chi connectivity index (χ2v) is 8.86. The van der Waals surface area contributed by atoms with Gasteiger partial charge in [0.15, 0.2) is 0 Å². The van der Waals surface area contributed by atoms with Gasteiger partial charge in [0.2, 0.25) is 0 Å². The van der Waals surface area contributed by atoms with Gasteiger partial charge in [0, 0.05) is 0 Å². The van der Waals surface area contributed by atoms with Crippen LogP contribution in [0.2, 0.25) is 0 Å². The molecule has 20 nitrogen and oxygen atoms in total. The fraction of sp³-hybridized carbons (Fsp3) is 0. The SMILES string of the molecule is NOC(=O)C(=O)[O][Sn]([O]C(=O)C(=O)ON)([O]C(=O)C(=O)ON)[O]C(=O)C(=O)ON. The van der Waals surface area contributed by atoms with Gasteiger partial charge in [-0.25, -0.2) is 0 Å². The first-order valence-electron chi connectivity index (χ1n) is 6.03. The molecule has 0 aliphatic heterocycles. The summed E-state index contributed by atoms with van der Waals surface area (Å²) in [5, 5.41) is 0. The molecule has 0 spiro atoms. The fourth-order valence-corrected chi connectivity index (χ4v) is 5.20. The number of carbonyl (C=O) groups excluding carboxylic acids is 8. The summed E-state index contributed by atoms with van der Waals surface area (Å²) in [4.78, 5) is 104. The zero-order valence-electron chi connectivity index (χ0n) is 13.3. The van der Waals surface area contributed by atoms with Crippen LogP contribution < -0.4 is 23.6 Å². The standard InChI is InChI=1S/4C2H3NO4.Sn/c4*3-7-2(6)1(4)5;/h4*3H2,(H,4,5);/q;;;;+4/p-4. The summed E-state index contributed by atoms with van der Waals surface area (Å²) in [6, 6.07) is 0. The number of hydrogen-bond acceptors (Lipinski definition) is 20. The molecule has 0 rings (SSSR count). The first-order chi connectivity index (χ1) is 13.5. The molecule has 8 N–H and O–H groups in total. The summed E-state index contributed by atoms with van der Waals surface area (Å²) in [7, 11) is 0. The van der Waals surface area contributed by atoms with E-state index in [1.165, 1.54) is 0 Å². The number of hydrogen-bond donors (Lipinski definition) is 4. The van der Waals surface area contributed by atoms with Crippen LogP contribution in [-0.2, 0) is 70.0 Å². The topological polar surface area (TPSA) is 314 Å². The molecule has 160 valence electrons. The Labute approximate surface area is 161 Å². The molecule has 0 fully saturated rings. The van der Waals surface area contributed by atoms with Gasteiger partial charge in [-0.15, -0.1) is 0 Å². The van der Waals surface area contributed by atoms with Crippen LogP contribution in [0.15, 0.2) is 0 Å². The van der Waals surface area contributed by atoms with E-state index >= 15 is 0 Å². The van der Waals surface area contributed by atoms with E-state index in [9.17, 15) is 38.4 Å². The monoisotopic (exact) mass is 536 g/mol. The van der Waals surface area contributed by atoms with E-state index in [1.54, 1.807) is 0 Å². The molecule has 0 aliphatic carbocycles. The van der Waals surface area contributed by atoms with Crippen LogP contribution >= 0.6 is 0 Å². The van der Waals surface area contributed by atoms with Crippen LogP contribution in [0.5, 0.6) is 0 Å². The molecule has 0 unspecified atom stereocenters. The Morgan fingerprint density at radius 3 is 0.690 bits per heavy atom. The summed E-state index contributed by atoms with van der Waals surface area (Å²) in [6.45, 7) is 0. The van der Waals surface area contributed by atoms with Crippen LogP contribution in [0.25, 0.3) is 0 Å². The normalized spacial score (nSPS) is 9.79. The van der Waals surface area contributed by atoms with E-state index in [0.29, 0.717) is 0 Å². The van der Waals surface area contributed by atoms with Crippen molar-refractivity contribution in [3.05, 3.63) is 0 Å². The molecule has 29 heavy (non-hydrogen) atoms. The van der Waals surface area contributed by atoms with Gasteiger partial charge in [0.1, 0.15) is 0 Å². The molecule has 0 heterocycles. The maximum atomic E-state index is 11.5. The Morgan fingerprint density at radius 1 is 0.379 bits per heavy atom. The van der Waals surface area contributed by atoms with E-state index in [0.717, 1.165) is 0 Å². The Hall–Kier alpha value is -3.60. The second-order valence-electron chi connectivity index (χ2n) is 3.68. The van der Waals surface area contributed by atoms with Gasteiger partial charge in [-0.1, -0.05) is 0 Å². The van der Waals surface area contributed by atoms with Crippen LogP contribution in [0.4, 0.5) is 0 Å². The molecular formula is C8H8N4O16Sn. The number of carbonyl (C=O) groups is 8. The maximum absolute atomic E-state index is 11.5. The summed E-state index contributed by atoms with van der Waals surface area (Å²) in [5.74, 6) is 0.191. The molecule has 0 radical (unpaired) electrons. The molecular weight excluding hydrogens is 527 g/mol. The molecule has 0 bridgehead atoms. The molecule has 21 heteroatoms. The van der Waals surface area contributed by atoms with Crippen molar-refractivity contribution in [3.8, 4) is 0 Å². The molecule has 0 atom stereocenters. The van der Waals surface area contributed by atoms with Crippen molar-refractivity contribution >= 4 is 67.8 Å². The van der Waals surface area contributed by atoms with Crippen molar-refractivity contribution in [1.82, 2.24) is 0 Å². The summed E-state index contributed by atoms with van der Waals surface area (Å²) < 4.78 is 16.5. The molecule has 0 aromatic heterocycles. The van der Waals surface area contributed by atoms with E-state index in [4.69, 9.17) is 0 Å². The fourth-order valence-electron chi connectivity index (χ4n) is 0.938. The Kier molecular flexibility index (Phi) is 9.89. The van der Waals surface area contributed by atoms with Crippen molar-refractivity contribution in [3.63, 3.8) is 0 Å². The van der Waals surface area contributed by atoms with Gasteiger partial charge in [-0.3, -0.25) is 0 Å². The minimum atomic E-state index is -7.15. The number of nitrogens with two attached hydrogens (primary N) is 4. The summed E-state index contributed by atoms with van der Waals surface area (Å²) in [6.07, 6.45) is 0. The van der Waals surface area contributed by atoms with Crippen molar-refractivity contribution in [1.29, 1.82) is 0 Å². The van der Waals surface area contributed by atoms with E-state index in [1.807, 2.05) is 0 Å². The predicted octanol–water partition coefficient (Wildman–Crippen LogP) is -6.74. The zero-order valence-corrected chi connectivity index (χ0v) is 16.2. The van der Waals surface area contributed by atoms with E-state index in [-0.39, 0.29) is 0 Å². The van der Waals surface area contributed by atoms with Crippen LogP contribution in [0.3, 0.4) is 0 Å². The van der Waals surface area contributed by atoms with Crippen LogP contribution in [-0.4, -0.2) is 67.8 Å². The Balaban J connectivity index is 6.25. The molecule has 0 aromatic carbocycles. The van der Waals surface area contributed by atoms with Gasteiger partial charge in [0.05, 0.1) is 0 Å². The van der Waals surface area contributed by atoms with Gasteiger partial charge in [-0.2, -0.15) is 0 Å². The van der Waals surface area contributed by atoms with Crippen LogP contribution in [0, 0.1) is 0 Å². The molecule has 0 saturated carbocycles. The summed E-state index contributed by atoms with van der Waals surface area (Å²) in [5.41, 5.74) is 0. The third-order valence-electron chi connectivity index (χ3n) is 1.97. The van der Waals surface area contributed by atoms with Gasteiger partial charge < -0.3 is 0 Å². The third-order valence-corrected chi connectivity index (χ3v) is 6.94. The van der Waals surface area contributed by atoms with Crippen molar-refractivity contribution < 1.29 is 70.0 Å². The predicted molar refractivity (Wildman–Crippen MR) is 71.2 cm³/mol. The minimum absolute atomic E-state index is 2.07. The third kappa shape index (κ3) is 7.50. The molecule has 0 amide bonds. The first kappa shape index (κ1) is 25.4. The van der Waals surface area contributed by atoms with Crippen molar-refractivity contribution in [2.75, 3.05) is 0 Å². The Bertz CT molecular complexity index is 624. The molecule has 0 aromatic rings. The Morgan fingerprint density at radius 2 is 0.552 bits per heavy atom. The van der Waals surface area contributed by atoms with E-state index in [2.05, 4.69) is 55.2 Å². The van der Waals surface area contributed by atoms with Crippen molar-refractivity contribution in [2.45, 2.75) is 0 Å². The van der Waals surface area contributed by atoms with Crippen molar-refractivity contribution in [2.24, 2.45) is 23.6 Å². The van der Waals surface area contributed by atoms with E-state index < -0.39 is 67.8 Å². The average molecular weight is 535 g/mol. The van der Waals surface area contributed by atoms with Gasteiger partial charge in [-0.05, 0) is 0 Å². The molecule has 0 saturated heterocycles. The number of rotatable bonds is 4. The second kappa shape index (κ2) is 11.3. The first-order valence-corrected chi connectivity index (χ1v) is 10.7. The molecule has 0 aliphatic rings. The van der Waals surface area contributed by atoms with Gasteiger partial charge in [0.25, 0.3) is 0 Å². The quantitative estimate of drug-likeness (QED) is 0.148. The summed E-state index contributed by atoms with van der Waals surface area (Å²) >= 11 is -7.15. The van der Waals surface area contributed by atoms with Crippen LogP contribution in [0.1, 0.15) is 0 Å². The van der Waals surface area contributed by atoms with Gasteiger partial charge >= 0.3 is 161 Å². The zero-order chi connectivity index (χ0) is 22.8. The average Bonchev–Trinajstić information content (AvgIpc) is 2.70.